The van der Waals surface area contributed by atoms with Gasteiger partial charge in [-0.3, -0.25) is 9.79 Å². The molecular formula is C23H31IN4O2. The van der Waals surface area contributed by atoms with Crippen LogP contribution >= 0.6 is 24.0 Å². The number of guanidine groups is 1. The SMILES string of the molecule is CN=C(NCCC(C)c1ccc(OC)cc1)NCC(=O)N1CCc2ccccc21.I. The average molecular weight is 522 g/mol. The highest BCUT2D eigenvalue weighted by atomic mass is 127. The number of fused-ring (bicyclic) bond motifs is 1. The van der Waals surface area contributed by atoms with Crippen LogP contribution < -0.4 is 20.3 Å². The molecule has 0 saturated heterocycles. The van der Waals surface area contributed by atoms with Gasteiger partial charge in [0.05, 0.1) is 13.7 Å². The second kappa shape index (κ2) is 11.8. The highest BCUT2D eigenvalue weighted by molar-refractivity contribution is 14.0. The van der Waals surface area contributed by atoms with E-state index in [1.165, 1.54) is 11.1 Å². The zero-order chi connectivity index (χ0) is 20.6. The van der Waals surface area contributed by atoms with Crippen LogP contribution in [0.1, 0.15) is 30.4 Å². The molecule has 1 unspecified atom stereocenters. The number of halogens is 1. The lowest BCUT2D eigenvalue weighted by atomic mass is 9.98. The van der Waals surface area contributed by atoms with Gasteiger partial charge in [0, 0.05) is 25.8 Å². The van der Waals surface area contributed by atoms with Crippen molar-refractivity contribution in [2.75, 3.05) is 38.7 Å². The van der Waals surface area contributed by atoms with Crippen LogP contribution in [0.15, 0.2) is 53.5 Å². The number of carbonyl (C=O) groups excluding carboxylic acids is 1. The van der Waals surface area contributed by atoms with Crippen LogP contribution in [0.2, 0.25) is 0 Å². The van der Waals surface area contributed by atoms with Gasteiger partial charge in [-0.1, -0.05) is 37.3 Å². The van der Waals surface area contributed by atoms with Gasteiger partial charge in [-0.2, -0.15) is 0 Å². The first-order valence-electron chi connectivity index (χ1n) is 10.1. The Morgan fingerprint density at radius 1 is 1.17 bits per heavy atom. The van der Waals surface area contributed by atoms with Crippen molar-refractivity contribution in [1.29, 1.82) is 0 Å². The molecule has 1 aliphatic rings. The first-order valence-corrected chi connectivity index (χ1v) is 10.1. The van der Waals surface area contributed by atoms with E-state index in [-0.39, 0.29) is 36.4 Å². The van der Waals surface area contributed by atoms with E-state index in [0.29, 0.717) is 11.9 Å². The molecule has 1 aliphatic heterocycles. The molecule has 0 fully saturated rings. The van der Waals surface area contributed by atoms with E-state index < -0.39 is 0 Å². The standard InChI is InChI=1S/C23H30N4O2.HI/c1-17(18-8-10-20(29-3)11-9-18)12-14-25-23(24-2)26-16-22(28)27-15-13-19-6-4-5-7-21(19)27;/h4-11,17H,12-16H2,1-3H3,(H2,24,25,26);1H. The molecule has 30 heavy (non-hydrogen) atoms. The Hall–Kier alpha value is -2.29. The molecule has 2 N–H and O–H groups in total. The number of aliphatic imine (C=N–C) groups is 1. The smallest absolute Gasteiger partial charge is 0.246 e. The fourth-order valence-corrected chi connectivity index (χ4v) is 3.58. The van der Waals surface area contributed by atoms with Crippen molar-refractivity contribution in [3.05, 3.63) is 59.7 Å². The maximum absolute atomic E-state index is 12.6. The van der Waals surface area contributed by atoms with Crippen molar-refractivity contribution in [2.45, 2.75) is 25.7 Å². The number of carbonyl (C=O) groups is 1. The monoisotopic (exact) mass is 522 g/mol. The van der Waals surface area contributed by atoms with Gasteiger partial charge < -0.3 is 20.3 Å². The van der Waals surface area contributed by atoms with Gasteiger partial charge in [0.25, 0.3) is 0 Å². The number of nitrogens with zero attached hydrogens (tertiary/aromatic N) is 2. The minimum Gasteiger partial charge on any atom is -0.497 e. The van der Waals surface area contributed by atoms with E-state index >= 15 is 0 Å². The number of amides is 1. The lowest BCUT2D eigenvalue weighted by Crippen LogP contribution is -2.44. The predicted molar refractivity (Wildman–Crippen MR) is 133 cm³/mol. The molecule has 2 aromatic rings. The first-order chi connectivity index (χ1) is 14.1. The third-order valence-electron chi connectivity index (χ3n) is 5.37. The minimum atomic E-state index is 0. The number of anilines is 1. The summed E-state index contributed by atoms with van der Waals surface area (Å²) in [4.78, 5) is 18.7. The van der Waals surface area contributed by atoms with Crippen molar-refractivity contribution >= 4 is 41.5 Å². The molecule has 0 spiro atoms. The van der Waals surface area contributed by atoms with Crippen LogP contribution in [0.25, 0.3) is 0 Å². The first kappa shape index (κ1) is 24.0. The fourth-order valence-electron chi connectivity index (χ4n) is 3.58. The highest BCUT2D eigenvalue weighted by Gasteiger charge is 2.23. The van der Waals surface area contributed by atoms with Gasteiger partial charge in [0.2, 0.25) is 5.91 Å². The Kier molecular flexibility index (Phi) is 9.42. The molecule has 6 nitrogen and oxygen atoms in total. The van der Waals surface area contributed by atoms with Crippen molar-refractivity contribution in [1.82, 2.24) is 10.6 Å². The number of methoxy groups -OCH3 is 1. The summed E-state index contributed by atoms with van der Waals surface area (Å²) < 4.78 is 5.21. The van der Waals surface area contributed by atoms with Crippen LogP contribution in [0.5, 0.6) is 5.75 Å². The normalized spacial score (nSPS) is 13.8. The van der Waals surface area contributed by atoms with Gasteiger partial charge in [-0.05, 0) is 48.1 Å². The molecular weight excluding hydrogens is 491 g/mol. The van der Waals surface area contributed by atoms with E-state index in [9.17, 15) is 4.79 Å². The van der Waals surface area contributed by atoms with E-state index in [0.717, 1.165) is 37.4 Å². The topological polar surface area (TPSA) is 66.0 Å². The van der Waals surface area contributed by atoms with Crippen LogP contribution in [-0.2, 0) is 11.2 Å². The van der Waals surface area contributed by atoms with E-state index in [1.807, 2.05) is 35.2 Å². The number of nitrogens with one attached hydrogen (secondary N) is 2. The molecule has 1 atom stereocenters. The Morgan fingerprint density at radius 3 is 2.60 bits per heavy atom. The summed E-state index contributed by atoms with van der Waals surface area (Å²) in [5, 5.41) is 6.44. The summed E-state index contributed by atoms with van der Waals surface area (Å²) in [7, 11) is 3.39. The molecule has 0 aromatic heterocycles. The fraction of sp³-hybridized carbons (Fsp3) is 0.391. The quantitative estimate of drug-likeness (QED) is 0.332. The van der Waals surface area contributed by atoms with Gasteiger partial charge in [0.15, 0.2) is 5.96 Å². The highest BCUT2D eigenvalue weighted by Crippen LogP contribution is 2.27. The number of ether oxygens (including phenoxy) is 1. The maximum atomic E-state index is 12.6. The largest absolute Gasteiger partial charge is 0.497 e. The van der Waals surface area contributed by atoms with Crippen molar-refractivity contribution in [3.63, 3.8) is 0 Å². The molecule has 0 bridgehead atoms. The number of hydrogen-bond donors (Lipinski definition) is 2. The Labute approximate surface area is 196 Å². The maximum Gasteiger partial charge on any atom is 0.246 e. The number of benzene rings is 2. The average Bonchev–Trinajstić information content (AvgIpc) is 3.20. The van der Waals surface area contributed by atoms with E-state index in [2.05, 4.69) is 40.7 Å². The van der Waals surface area contributed by atoms with Gasteiger partial charge in [0.1, 0.15) is 5.75 Å². The minimum absolute atomic E-state index is 0. The van der Waals surface area contributed by atoms with Crippen molar-refractivity contribution in [2.24, 2.45) is 4.99 Å². The zero-order valence-corrected chi connectivity index (χ0v) is 20.2. The zero-order valence-electron chi connectivity index (χ0n) is 17.9. The van der Waals surface area contributed by atoms with Crippen molar-refractivity contribution in [3.8, 4) is 5.75 Å². The third kappa shape index (κ3) is 6.10. The number of para-hydroxylation sites is 1. The Balaban J connectivity index is 0.00000320. The van der Waals surface area contributed by atoms with E-state index in [1.54, 1.807) is 14.2 Å². The molecule has 1 heterocycles. The Bertz CT molecular complexity index is 855. The second-order valence-corrected chi connectivity index (χ2v) is 7.24. The van der Waals surface area contributed by atoms with E-state index in [4.69, 9.17) is 4.74 Å². The van der Waals surface area contributed by atoms with Gasteiger partial charge >= 0.3 is 0 Å². The molecule has 3 rings (SSSR count). The lowest BCUT2D eigenvalue weighted by Gasteiger charge is -2.19. The molecule has 0 saturated carbocycles. The summed E-state index contributed by atoms with van der Waals surface area (Å²) >= 11 is 0. The molecule has 2 aromatic carbocycles. The van der Waals surface area contributed by atoms with Crippen molar-refractivity contribution < 1.29 is 9.53 Å². The molecule has 0 radical (unpaired) electrons. The van der Waals surface area contributed by atoms with Crippen LogP contribution in [0.3, 0.4) is 0 Å². The lowest BCUT2D eigenvalue weighted by molar-refractivity contribution is -0.117. The Morgan fingerprint density at radius 2 is 1.90 bits per heavy atom. The molecule has 0 aliphatic carbocycles. The third-order valence-corrected chi connectivity index (χ3v) is 5.37. The number of rotatable bonds is 7. The molecule has 162 valence electrons. The molecule has 7 heteroatoms. The van der Waals surface area contributed by atoms with Crippen LogP contribution in [-0.4, -0.2) is 45.7 Å². The summed E-state index contributed by atoms with van der Waals surface area (Å²) in [5.74, 6) is 1.99. The van der Waals surface area contributed by atoms with Crippen LogP contribution in [0.4, 0.5) is 5.69 Å². The van der Waals surface area contributed by atoms with Gasteiger partial charge in [-0.25, -0.2) is 0 Å². The second-order valence-electron chi connectivity index (χ2n) is 7.24. The summed E-state index contributed by atoms with van der Waals surface area (Å²) in [6.07, 6.45) is 1.87. The summed E-state index contributed by atoms with van der Waals surface area (Å²) in [6, 6.07) is 16.3. The predicted octanol–water partition coefficient (Wildman–Crippen LogP) is 3.56. The summed E-state index contributed by atoms with van der Waals surface area (Å²) in [6.45, 7) is 3.94. The number of hydrogen-bond acceptors (Lipinski definition) is 3. The van der Waals surface area contributed by atoms with Gasteiger partial charge in [-0.15, -0.1) is 24.0 Å². The molecule has 1 amide bonds. The van der Waals surface area contributed by atoms with Crippen LogP contribution in [0, 0.1) is 0 Å². The summed E-state index contributed by atoms with van der Waals surface area (Å²) in [5.41, 5.74) is 3.53.